The summed E-state index contributed by atoms with van der Waals surface area (Å²) in [4.78, 5) is 26.5. The lowest BCUT2D eigenvalue weighted by molar-refractivity contribution is -0.141. The monoisotopic (exact) mass is 347 g/mol. The number of amides is 1. The fourth-order valence-corrected chi connectivity index (χ4v) is 4.75. The summed E-state index contributed by atoms with van der Waals surface area (Å²) in [5.74, 6) is -0.178. The van der Waals surface area contributed by atoms with Crippen LogP contribution < -0.4 is 0 Å². The van der Waals surface area contributed by atoms with E-state index in [9.17, 15) is 9.59 Å². The van der Waals surface area contributed by atoms with Gasteiger partial charge in [0.2, 0.25) is 5.91 Å². The van der Waals surface area contributed by atoms with Crippen LogP contribution in [-0.2, 0) is 14.0 Å². The van der Waals surface area contributed by atoms with Gasteiger partial charge in [0, 0.05) is 13.0 Å². The molecular formula is C18H25NO4Si. The molecule has 1 unspecified atom stereocenters. The van der Waals surface area contributed by atoms with E-state index in [1.54, 1.807) is 12.1 Å². The van der Waals surface area contributed by atoms with Gasteiger partial charge < -0.3 is 14.1 Å². The second-order valence-electron chi connectivity index (χ2n) is 7.48. The number of nitrogens with zero attached hydrogens (tertiary/aromatic N) is 1. The Kier molecular flexibility index (Phi) is 4.78. The summed E-state index contributed by atoms with van der Waals surface area (Å²) < 4.78 is 12.1. The van der Waals surface area contributed by atoms with E-state index in [1.807, 2.05) is 23.1 Å². The number of carbonyl (C=O) groups is 2. The number of ether oxygens (including phenoxy) is 1. The normalized spacial score (nSPS) is 27.0. The van der Waals surface area contributed by atoms with Crippen LogP contribution in [0.4, 0.5) is 0 Å². The molecule has 1 aromatic carbocycles. The molecule has 0 aromatic heterocycles. The minimum absolute atomic E-state index is 0.0329. The van der Waals surface area contributed by atoms with E-state index in [0.29, 0.717) is 24.9 Å². The highest BCUT2D eigenvalue weighted by Gasteiger charge is 2.48. The summed E-state index contributed by atoms with van der Waals surface area (Å²) in [6.45, 7) is 7.12. The van der Waals surface area contributed by atoms with Gasteiger partial charge in [-0.25, -0.2) is 4.79 Å². The number of esters is 1. The maximum Gasteiger partial charge on any atom is 0.338 e. The molecule has 3 atom stereocenters. The van der Waals surface area contributed by atoms with Crippen LogP contribution in [0.2, 0.25) is 19.6 Å². The first-order valence-corrected chi connectivity index (χ1v) is 12.0. The number of rotatable bonds is 4. The highest BCUT2D eigenvalue weighted by molar-refractivity contribution is 6.69. The van der Waals surface area contributed by atoms with Gasteiger partial charge in [0.15, 0.2) is 8.32 Å². The second-order valence-corrected chi connectivity index (χ2v) is 11.9. The zero-order valence-electron chi connectivity index (χ0n) is 14.5. The van der Waals surface area contributed by atoms with E-state index >= 15 is 0 Å². The van der Waals surface area contributed by atoms with Gasteiger partial charge in [-0.1, -0.05) is 18.2 Å². The van der Waals surface area contributed by atoms with Crippen molar-refractivity contribution in [2.45, 2.75) is 57.2 Å². The summed E-state index contributed by atoms with van der Waals surface area (Å²) in [7, 11) is -1.73. The number of hydrogen-bond acceptors (Lipinski definition) is 4. The Bertz CT molecular complexity index is 613. The number of piperidine rings is 1. The van der Waals surface area contributed by atoms with Gasteiger partial charge in [-0.2, -0.15) is 0 Å². The lowest BCUT2D eigenvalue weighted by atomic mass is 9.96. The molecule has 2 fully saturated rings. The SMILES string of the molecule is C[Si](C)(C)OC1CCN2C(=O)CC[C@H](OC(=O)c3ccccc3)[C@@H]12. The second kappa shape index (κ2) is 6.68. The molecule has 24 heavy (non-hydrogen) atoms. The highest BCUT2D eigenvalue weighted by atomic mass is 28.4. The first-order valence-electron chi connectivity index (χ1n) is 8.58. The zero-order valence-corrected chi connectivity index (χ0v) is 15.5. The van der Waals surface area contributed by atoms with E-state index in [2.05, 4.69) is 19.6 Å². The average molecular weight is 347 g/mol. The lowest BCUT2D eigenvalue weighted by Gasteiger charge is -2.39. The Balaban J connectivity index is 1.76. The molecule has 0 N–H and O–H groups in total. The summed E-state index contributed by atoms with van der Waals surface area (Å²) in [6.07, 6.45) is 1.50. The maximum absolute atomic E-state index is 12.4. The summed E-state index contributed by atoms with van der Waals surface area (Å²) >= 11 is 0. The predicted molar refractivity (Wildman–Crippen MR) is 93.2 cm³/mol. The average Bonchev–Trinajstić information content (AvgIpc) is 2.94. The predicted octanol–water partition coefficient (Wildman–Crippen LogP) is 2.83. The van der Waals surface area contributed by atoms with Gasteiger partial charge in [0.05, 0.1) is 17.7 Å². The maximum atomic E-state index is 12.4. The van der Waals surface area contributed by atoms with Crippen molar-refractivity contribution in [1.82, 2.24) is 4.90 Å². The van der Waals surface area contributed by atoms with Crippen LogP contribution in [0, 0.1) is 0 Å². The third kappa shape index (κ3) is 3.70. The standard InChI is InChI=1S/C18H25NO4Si/c1-24(2,3)23-15-11-12-19-16(20)10-9-14(17(15)19)22-18(21)13-7-5-4-6-8-13/h4-8,14-15,17H,9-12H2,1-3H3/t14-,15?,17-/m0/s1. The minimum atomic E-state index is -1.73. The summed E-state index contributed by atoms with van der Waals surface area (Å²) in [5, 5.41) is 0. The van der Waals surface area contributed by atoms with Crippen molar-refractivity contribution >= 4 is 20.2 Å². The van der Waals surface area contributed by atoms with Gasteiger partial charge in [0.25, 0.3) is 0 Å². The molecule has 2 saturated heterocycles. The van der Waals surface area contributed by atoms with E-state index in [1.165, 1.54) is 0 Å². The molecule has 1 amide bonds. The fraction of sp³-hybridized carbons (Fsp3) is 0.556. The summed E-state index contributed by atoms with van der Waals surface area (Å²) in [5.41, 5.74) is 0.543. The lowest BCUT2D eigenvalue weighted by Crippen LogP contribution is -2.54. The number of carbonyl (C=O) groups excluding carboxylic acids is 2. The van der Waals surface area contributed by atoms with Gasteiger partial charge in [0.1, 0.15) is 6.10 Å². The van der Waals surface area contributed by atoms with E-state index < -0.39 is 8.32 Å². The Hall–Kier alpha value is -1.66. The van der Waals surface area contributed by atoms with Crippen LogP contribution in [0.1, 0.15) is 29.6 Å². The van der Waals surface area contributed by atoms with Crippen molar-refractivity contribution in [3.8, 4) is 0 Å². The van der Waals surface area contributed by atoms with Gasteiger partial charge >= 0.3 is 5.97 Å². The van der Waals surface area contributed by atoms with E-state index in [0.717, 1.165) is 6.42 Å². The molecule has 130 valence electrons. The smallest absolute Gasteiger partial charge is 0.338 e. The summed E-state index contributed by atoms with van der Waals surface area (Å²) in [6, 6.07) is 8.86. The van der Waals surface area contributed by atoms with Crippen molar-refractivity contribution in [3.63, 3.8) is 0 Å². The quantitative estimate of drug-likeness (QED) is 0.621. The van der Waals surface area contributed by atoms with Crippen molar-refractivity contribution in [2.24, 2.45) is 0 Å². The van der Waals surface area contributed by atoms with Gasteiger partial charge in [-0.15, -0.1) is 0 Å². The Morgan fingerprint density at radius 3 is 2.50 bits per heavy atom. The molecule has 2 aliphatic heterocycles. The van der Waals surface area contributed by atoms with Gasteiger partial charge in [-0.3, -0.25) is 4.79 Å². The van der Waals surface area contributed by atoms with E-state index in [4.69, 9.17) is 9.16 Å². The zero-order chi connectivity index (χ0) is 17.3. The molecule has 1 aromatic rings. The van der Waals surface area contributed by atoms with Crippen LogP contribution in [0.25, 0.3) is 0 Å². The molecule has 2 heterocycles. The molecule has 5 nitrogen and oxygen atoms in total. The number of benzene rings is 1. The topological polar surface area (TPSA) is 55.8 Å². The molecule has 3 rings (SSSR count). The Morgan fingerprint density at radius 1 is 1.12 bits per heavy atom. The van der Waals surface area contributed by atoms with Crippen LogP contribution in [-0.4, -0.2) is 49.9 Å². The van der Waals surface area contributed by atoms with Crippen LogP contribution in [0.15, 0.2) is 30.3 Å². The molecule has 6 heteroatoms. The van der Waals surface area contributed by atoms with Crippen molar-refractivity contribution in [2.75, 3.05) is 6.54 Å². The molecule has 0 spiro atoms. The largest absolute Gasteiger partial charge is 0.456 e. The fourth-order valence-electron chi connectivity index (χ4n) is 3.59. The third-order valence-electron chi connectivity index (χ3n) is 4.51. The molecule has 2 aliphatic rings. The van der Waals surface area contributed by atoms with Crippen molar-refractivity contribution in [1.29, 1.82) is 0 Å². The number of fused-ring (bicyclic) bond motifs is 1. The Morgan fingerprint density at radius 2 is 1.83 bits per heavy atom. The molecule has 0 bridgehead atoms. The van der Waals surface area contributed by atoms with Crippen LogP contribution in [0.3, 0.4) is 0 Å². The van der Waals surface area contributed by atoms with Crippen LogP contribution >= 0.6 is 0 Å². The highest BCUT2D eigenvalue weighted by Crippen LogP contribution is 2.34. The third-order valence-corrected chi connectivity index (χ3v) is 5.52. The molecule has 0 radical (unpaired) electrons. The van der Waals surface area contributed by atoms with Crippen molar-refractivity contribution in [3.05, 3.63) is 35.9 Å². The first-order chi connectivity index (χ1) is 11.3. The molecule has 0 aliphatic carbocycles. The van der Waals surface area contributed by atoms with Gasteiger partial charge in [-0.05, 0) is 44.6 Å². The van der Waals surface area contributed by atoms with Crippen molar-refractivity contribution < 1.29 is 18.8 Å². The first kappa shape index (κ1) is 17.2. The van der Waals surface area contributed by atoms with E-state index in [-0.39, 0.29) is 30.1 Å². The minimum Gasteiger partial charge on any atom is -0.456 e. The molecule has 0 saturated carbocycles. The number of hydrogen-bond donors (Lipinski definition) is 0. The van der Waals surface area contributed by atoms with Crippen LogP contribution in [0.5, 0.6) is 0 Å². The molecular weight excluding hydrogens is 322 g/mol. The Labute approximate surface area is 144 Å².